The second-order valence-electron chi connectivity index (χ2n) is 7.21. The molecule has 2 heterocycles. The summed E-state index contributed by atoms with van der Waals surface area (Å²) >= 11 is 0. The van der Waals surface area contributed by atoms with Crippen LogP contribution < -0.4 is 0 Å². The largest absolute Gasteiger partial charge is 0.370 e. The van der Waals surface area contributed by atoms with E-state index in [2.05, 4.69) is 68.4 Å². The summed E-state index contributed by atoms with van der Waals surface area (Å²) in [5.41, 5.74) is 3.56. The van der Waals surface area contributed by atoms with Crippen LogP contribution in [0.4, 0.5) is 0 Å². The molecule has 2 bridgehead atoms. The van der Waals surface area contributed by atoms with Gasteiger partial charge in [-0.25, -0.2) is 0 Å². The third kappa shape index (κ3) is 2.50. The Labute approximate surface area is 138 Å². The zero-order valence-electron chi connectivity index (χ0n) is 13.9. The minimum absolute atomic E-state index is 0.146. The molecule has 2 heteroatoms. The van der Waals surface area contributed by atoms with Gasteiger partial charge in [-0.1, -0.05) is 54.6 Å². The number of hydrogen-bond acceptors (Lipinski definition) is 2. The number of aryl methyl sites for hydroxylation is 1. The molecule has 4 rings (SSSR count). The van der Waals surface area contributed by atoms with Gasteiger partial charge < -0.3 is 9.47 Å². The van der Waals surface area contributed by atoms with Crippen LogP contribution in [0.3, 0.4) is 0 Å². The van der Waals surface area contributed by atoms with Crippen LogP contribution in [-0.2, 0) is 21.7 Å². The number of hydrogen-bond donors (Lipinski definition) is 0. The second kappa shape index (κ2) is 5.47. The average Bonchev–Trinajstić information content (AvgIpc) is 3.07. The summed E-state index contributed by atoms with van der Waals surface area (Å²) in [6, 6.07) is 19.1. The first-order valence-corrected chi connectivity index (χ1v) is 8.53. The monoisotopic (exact) mass is 308 g/mol. The predicted octanol–water partition coefficient (Wildman–Crippen LogP) is 4.75. The van der Waals surface area contributed by atoms with Gasteiger partial charge in [-0.05, 0) is 43.4 Å². The molecule has 0 spiro atoms. The van der Waals surface area contributed by atoms with Crippen molar-refractivity contribution in [3.8, 4) is 0 Å². The van der Waals surface area contributed by atoms with Crippen LogP contribution in [0.15, 0.2) is 54.6 Å². The highest BCUT2D eigenvalue weighted by atomic mass is 16.6. The van der Waals surface area contributed by atoms with E-state index in [1.54, 1.807) is 0 Å². The van der Waals surface area contributed by atoms with Gasteiger partial charge in [-0.2, -0.15) is 0 Å². The Kier molecular flexibility index (Phi) is 3.55. The van der Waals surface area contributed by atoms with Crippen molar-refractivity contribution in [1.29, 1.82) is 0 Å². The van der Waals surface area contributed by atoms with Crippen LogP contribution in [0.5, 0.6) is 0 Å². The zero-order chi connectivity index (χ0) is 15.9. The van der Waals surface area contributed by atoms with Crippen molar-refractivity contribution >= 4 is 0 Å². The van der Waals surface area contributed by atoms with Crippen molar-refractivity contribution in [2.24, 2.45) is 0 Å². The lowest BCUT2D eigenvalue weighted by Gasteiger charge is -2.30. The lowest BCUT2D eigenvalue weighted by atomic mass is 9.77. The van der Waals surface area contributed by atoms with Crippen molar-refractivity contribution in [1.82, 2.24) is 0 Å². The fourth-order valence-electron chi connectivity index (χ4n) is 4.14. The molecule has 0 N–H and O–H groups in total. The highest BCUT2D eigenvalue weighted by Crippen LogP contribution is 2.57. The van der Waals surface area contributed by atoms with Crippen molar-refractivity contribution in [3.63, 3.8) is 0 Å². The summed E-state index contributed by atoms with van der Waals surface area (Å²) in [5.74, 6) is 0. The molecule has 23 heavy (non-hydrogen) atoms. The van der Waals surface area contributed by atoms with Crippen molar-refractivity contribution in [2.45, 2.75) is 57.0 Å². The summed E-state index contributed by atoms with van der Waals surface area (Å²) in [5, 5.41) is 0. The first-order valence-electron chi connectivity index (χ1n) is 8.53. The molecule has 2 aromatic carbocycles. The van der Waals surface area contributed by atoms with E-state index in [-0.39, 0.29) is 17.3 Å². The molecule has 0 aromatic heterocycles. The molecule has 0 aliphatic carbocycles. The van der Waals surface area contributed by atoms with Gasteiger partial charge in [0, 0.05) is 6.42 Å². The number of rotatable bonds is 4. The Morgan fingerprint density at radius 2 is 1.78 bits per heavy atom. The number of ether oxygens (including phenoxy) is 2. The van der Waals surface area contributed by atoms with E-state index >= 15 is 0 Å². The molecule has 2 saturated heterocycles. The van der Waals surface area contributed by atoms with Crippen LogP contribution in [0.2, 0.25) is 0 Å². The maximum Gasteiger partial charge on any atom is 0.0966 e. The average molecular weight is 308 g/mol. The fraction of sp³-hybridized carbons (Fsp3) is 0.429. The topological polar surface area (TPSA) is 18.5 Å². The Bertz CT molecular complexity index is 696. The first-order chi connectivity index (χ1) is 11.1. The Morgan fingerprint density at radius 3 is 2.57 bits per heavy atom. The lowest BCUT2D eigenvalue weighted by Crippen LogP contribution is -2.37. The van der Waals surface area contributed by atoms with E-state index in [0.717, 1.165) is 19.3 Å². The summed E-state index contributed by atoms with van der Waals surface area (Å²) in [6.07, 6.45) is 3.29. The van der Waals surface area contributed by atoms with E-state index < -0.39 is 0 Å². The van der Waals surface area contributed by atoms with Crippen LogP contribution in [0, 0.1) is 6.92 Å². The third-order valence-corrected chi connectivity index (χ3v) is 5.65. The van der Waals surface area contributed by atoms with Gasteiger partial charge >= 0.3 is 0 Å². The third-order valence-electron chi connectivity index (χ3n) is 5.65. The van der Waals surface area contributed by atoms with E-state index in [1.807, 2.05) is 0 Å². The van der Waals surface area contributed by atoms with Gasteiger partial charge in [0.2, 0.25) is 0 Å². The SMILES string of the molecule is Cc1ccccc1COC1CC2(c3ccccc3)CCC1(C)O2. The molecule has 2 aliphatic heterocycles. The summed E-state index contributed by atoms with van der Waals surface area (Å²) in [6.45, 7) is 5.03. The molecule has 2 fully saturated rings. The summed E-state index contributed by atoms with van der Waals surface area (Å²) in [7, 11) is 0. The second-order valence-corrected chi connectivity index (χ2v) is 7.21. The van der Waals surface area contributed by atoms with Crippen molar-refractivity contribution in [3.05, 3.63) is 71.3 Å². The Morgan fingerprint density at radius 1 is 1.04 bits per heavy atom. The molecular weight excluding hydrogens is 284 g/mol. The molecule has 120 valence electrons. The number of fused-ring (bicyclic) bond motifs is 2. The quantitative estimate of drug-likeness (QED) is 0.811. The normalized spacial score (nSPS) is 32.3. The molecule has 3 unspecified atom stereocenters. The van der Waals surface area contributed by atoms with Crippen molar-refractivity contribution < 1.29 is 9.47 Å². The maximum absolute atomic E-state index is 6.54. The predicted molar refractivity (Wildman–Crippen MR) is 91.2 cm³/mol. The van der Waals surface area contributed by atoms with E-state index in [4.69, 9.17) is 9.47 Å². The smallest absolute Gasteiger partial charge is 0.0966 e. The van der Waals surface area contributed by atoms with Crippen LogP contribution in [-0.4, -0.2) is 11.7 Å². The van der Waals surface area contributed by atoms with Gasteiger partial charge in [-0.15, -0.1) is 0 Å². The van der Waals surface area contributed by atoms with Crippen LogP contribution >= 0.6 is 0 Å². The Balaban J connectivity index is 1.52. The molecule has 2 aromatic rings. The maximum atomic E-state index is 6.54. The highest BCUT2D eigenvalue weighted by Gasteiger charge is 2.60. The Hall–Kier alpha value is -1.64. The lowest BCUT2D eigenvalue weighted by molar-refractivity contribution is -0.0877. The molecule has 2 aliphatic rings. The van der Waals surface area contributed by atoms with Crippen LogP contribution in [0.25, 0.3) is 0 Å². The van der Waals surface area contributed by atoms with E-state index in [1.165, 1.54) is 16.7 Å². The van der Waals surface area contributed by atoms with Gasteiger partial charge in [0.1, 0.15) is 0 Å². The van der Waals surface area contributed by atoms with Crippen LogP contribution in [0.1, 0.15) is 42.9 Å². The van der Waals surface area contributed by atoms with Gasteiger partial charge in [0.05, 0.1) is 23.9 Å². The van der Waals surface area contributed by atoms with E-state index in [0.29, 0.717) is 6.61 Å². The van der Waals surface area contributed by atoms with E-state index in [9.17, 15) is 0 Å². The van der Waals surface area contributed by atoms with Gasteiger partial charge in [0.15, 0.2) is 0 Å². The fourth-order valence-corrected chi connectivity index (χ4v) is 4.14. The first kappa shape index (κ1) is 14.9. The zero-order valence-corrected chi connectivity index (χ0v) is 13.9. The molecule has 0 radical (unpaired) electrons. The molecular formula is C21H24O2. The van der Waals surface area contributed by atoms with Gasteiger partial charge in [0.25, 0.3) is 0 Å². The summed E-state index contributed by atoms with van der Waals surface area (Å²) in [4.78, 5) is 0. The minimum atomic E-state index is -0.154. The molecule has 3 atom stereocenters. The summed E-state index contributed by atoms with van der Waals surface area (Å²) < 4.78 is 12.9. The highest BCUT2D eigenvalue weighted by molar-refractivity contribution is 5.29. The number of benzene rings is 2. The van der Waals surface area contributed by atoms with Gasteiger partial charge in [-0.3, -0.25) is 0 Å². The molecule has 0 saturated carbocycles. The minimum Gasteiger partial charge on any atom is -0.370 e. The standard InChI is InChI=1S/C21H24O2/c1-16-8-6-7-9-17(16)15-22-19-14-21(13-12-20(19,2)23-21)18-10-4-3-5-11-18/h3-11,19H,12-15H2,1-2H3. The molecule has 2 nitrogen and oxygen atoms in total. The molecule has 0 amide bonds. The van der Waals surface area contributed by atoms with Crippen molar-refractivity contribution in [2.75, 3.05) is 0 Å².